The molecule has 3 aromatic rings. The van der Waals surface area contributed by atoms with E-state index in [9.17, 15) is 19.2 Å². The zero-order valence-electron chi connectivity index (χ0n) is 24.9. The summed E-state index contributed by atoms with van der Waals surface area (Å²) in [4.78, 5) is 60.8. The first-order valence-electron chi connectivity index (χ1n) is 13.1. The van der Waals surface area contributed by atoms with Gasteiger partial charge in [0.25, 0.3) is 11.4 Å². The van der Waals surface area contributed by atoms with E-state index >= 15 is 0 Å². The fourth-order valence-corrected chi connectivity index (χ4v) is 4.13. The normalized spacial score (nSPS) is 12.6. The molecule has 0 saturated heterocycles. The number of anilines is 1. The van der Waals surface area contributed by atoms with Crippen LogP contribution in [0.1, 0.15) is 82.3 Å². The quantitative estimate of drug-likeness (QED) is 0.366. The lowest BCUT2D eigenvalue weighted by atomic mass is 9.89. The zero-order chi connectivity index (χ0) is 30.7. The van der Waals surface area contributed by atoms with E-state index in [2.05, 4.69) is 35.5 Å². The summed E-state index contributed by atoms with van der Waals surface area (Å²) in [6, 6.07) is 4.43. The predicted molar refractivity (Wildman–Crippen MR) is 150 cm³/mol. The van der Waals surface area contributed by atoms with Gasteiger partial charge in [-0.15, -0.1) is 10.2 Å². The van der Waals surface area contributed by atoms with Crippen molar-refractivity contribution in [2.45, 2.75) is 78.8 Å². The largest absolute Gasteiger partial charge is 0.453 e. The Bertz CT molecular complexity index is 1490. The van der Waals surface area contributed by atoms with E-state index in [4.69, 9.17) is 4.42 Å². The molecule has 0 saturated carbocycles. The Morgan fingerprint density at radius 2 is 1.78 bits per heavy atom. The van der Waals surface area contributed by atoms with E-state index in [0.717, 1.165) is 0 Å². The van der Waals surface area contributed by atoms with Gasteiger partial charge < -0.3 is 14.5 Å². The number of Topliss-reactive ketones (excluding diaryl/α,β-unsaturated/α-hetero) is 1. The second-order valence-electron chi connectivity index (χ2n) is 11.6. The molecule has 0 radical (unpaired) electrons. The van der Waals surface area contributed by atoms with Gasteiger partial charge in [0.2, 0.25) is 17.6 Å². The van der Waals surface area contributed by atoms with Crippen molar-refractivity contribution in [3.05, 3.63) is 63.7 Å². The third-order valence-electron chi connectivity index (χ3n) is 6.48. The molecule has 2 amide bonds. The number of methoxy groups -OCH3 is 1. The van der Waals surface area contributed by atoms with Crippen LogP contribution in [0, 0.1) is 12.8 Å². The number of ketones is 1. The molecule has 2 N–H and O–H groups in total. The van der Waals surface area contributed by atoms with Crippen molar-refractivity contribution < 1.29 is 23.5 Å². The molecule has 41 heavy (non-hydrogen) atoms. The molecule has 0 bridgehead atoms. The molecule has 1 unspecified atom stereocenters. The Morgan fingerprint density at radius 3 is 2.34 bits per heavy atom. The second-order valence-corrected chi connectivity index (χ2v) is 11.6. The second kappa shape index (κ2) is 12.0. The molecule has 0 aliphatic carbocycles. The predicted octanol–water partition coefficient (Wildman–Crippen LogP) is 3.16. The highest BCUT2D eigenvalue weighted by atomic mass is 16.5. The molecule has 0 spiro atoms. The van der Waals surface area contributed by atoms with Crippen molar-refractivity contribution >= 4 is 23.5 Å². The Balaban J connectivity index is 1.90. The maximum absolute atomic E-state index is 13.4. The van der Waals surface area contributed by atoms with Crippen molar-refractivity contribution in [1.29, 1.82) is 0 Å². The smallest absolute Gasteiger partial charge is 0.411 e. The van der Waals surface area contributed by atoms with Crippen molar-refractivity contribution in [1.82, 2.24) is 30.0 Å². The number of carbonyl (C=O) groups excluding carboxylic acids is 3. The standard InChI is InChI=1S/C28H37N7O6/c1-15(2)19(21(37)22-33-34-25(41-22)28(7,8)17-12-10-11-13-29-17)31-18(36)14-35-23(38)20(32-26(39)40-9)16(3)30-24(35)27(4,5)6/h10-13,15,19H,14H2,1-9H3,(H,31,36)(H,32,39). The number of aromatic nitrogens is 5. The van der Waals surface area contributed by atoms with Crippen molar-refractivity contribution in [2.24, 2.45) is 5.92 Å². The molecule has 0 aliphatic heterocycles. The zero-order valence-corrected chi connectivity index (χ0v) is 24.9. The first-order valence-corrected chi connectivity index (χ1v) is 13.1. The summed E-state index contributed by atoms with van der Waals surface area (Å²) in [5.74, 6) is -1.26. The molecule has 3 rings (SSSR count). The van der Waals surface area contributed by atoms with Crippen LogP contribution < -0.4 is 16.2 Å². The lowest BCUT2D eigenvalue weighted by Gasteiger charge is -2.25. The van der Waals surface area contributed by atoms with Crippen LogP contribution in [-0.2, 0) is 26.9 Å². The number of carbonyl (C=O) groups is 3. The van der Waals surface area contributed by atoms with E-state index in [1.54, 1.807) is 33.0 Å². The van der Waals surface area contributed by atoms with E-state index in [1.807, 2.05) is 46.8 Å². The van der Waals surface area contributed by atoms with Crippen molar-refractivity contribution in [3.63, 3.8) is 0 Å². The first kappa shape index (κ1) is 31.1. The lowest BCUT2D eigenvalue weighted by molar-refractivity contribution is -0.122. The number of aryl methyl sites for hydroxylation is 1. The van der Waals surface area contributed by atoms with Gasteiger partial charge in [-0.3, -0.25) is 29.3 Å². The highest BCUT2D eigenvalue weighted by molar-refractivity contribution is 5.98. The summed E-state index contributed by atoms with van der Waals surface area (Å²) in [6.45, 7) is 13.9. The van der Waals surface area contributed by atoms with Crippen LogP contribution in [0.3, 0.4) is 0 Å². The summed E-state index contributed by atoms with van der Waals surface area (Å²) in [5.41, 5.74) is -1.16. The Morgan fingerprint density at radius 1 is 1.10 bits per heavy atom. The SMILES string of the molecule is COC(=O)Nc1c(C)nc(C(C)(C)C)n(CC(=O)NC(C(=O)c2nnc(C(C)(C)c3ccccn3)o2)C(C)C)c1=O. The molecule has 13 heteroatoms. The van der Waals surface area contributed by atoms with E-state index in [0.29, 0.717) is 11.5 Å². The van der Waals surface area contributed by atoms with Gasteiger partial charge in [0, 0.05) is 11.6 Å². The topological polar surface area (TPSA) is 171 Å². The molecule has 3 heterocycles. The van der Waals surface area contributed by atoms with E-state index < -0.39 is 46.8 Å². The van der Waals surface area contributed by atoms with E-state index in [1.165, 1.54) is 11.7 Å². The number of pyridine rings is 1. The highest BCUT2D eigenvalue weighted by Crippen LogP contribution is 2.29. The van der Waals surface area contributed by atoms with Crippen molar-refractivity contribution in [3.8, 4) is 0 Å². The van der Waals surface area contributed by atoms with Crippen LogP contribution in [-0.4, -0.2) is 55.7 Å². The first-order chi connectivity index (χ1) is 19.1. The van der Waals surface area contributed by atoms with Gasteiger partial charge >= 0.3 is 6.09 Å². The van der Waals surface area contributed by atoms with Gasteiger partial charge in [-0.25, -0.2) is 9.78 Å². The number of rotatable bonds is 9. The van der Waals surface area contributed by atoms with Crippen molar-refractivity contribution in [2.75, 3.05) is 12.4 Å². The summed E-state index contributed by atoms with van der Waals surface area (Å²) in [7, 11) is 1.17. The Hall–Kier alpha value is -4.42. The average molecular weight is 568 g/mol. The summed E-state index contributed by atoms with van der Waals surface area (Å²) in [5, 5.41) is 13.1. The summed E-state index contributed by atoms with van der Waals surface area (Å²) in [6.07, 6.45) is 0.806. The Kier molecular flexibility index (Phi) is 9.09. The molecule has 1 atom stereocenters. The number of nitrogens with one attached hydrogen (secondary N) is 2. The van der Waals surface area contributed by atoms with Gasteiger partial charge in [0.05, 0.1) is 30.0 Å². The van der Waals surface area contributed by atoms with Crippen LogP contribution in [0.5, 0.6) is 0 Å². The molecule has 0 aromatic carbocycles. The number of hydrogen-bond donors (Lipinski definition) is 2. The minimum Gasteiger partial charge on any atom is -0.453 e. The van der Waals surface area contributed by atoms with Gasteiger partial charge in [0.1, 0.15) is 18.1 Å². The molecular formula is C28H37N7O6. The maximum Gasteiger partial charge on any atom is 0.411 e. The number of hydrogen-bond acceptors (Lipinski definition) is 10. The average Bonchev–Trinajstić information content (AvgIpc) is 3.41. The summed E-state index contributed by atoms with van der Waals surface area (Å²) < 4.78 is 11.6. The van der Waals surface area contributed by atoms with Crippen LogP contribution in [0.25, 0.3) is 0 Å². The molecule has 3 aromatic heterocycles. The molecule has 220 valence electrons. The molecular weight excluding hydrogens is 530 g/mol. The number of amides is 2. The molecule has 0 aliphatic rings. The monoisotopic (exact) mass is 567 g/mol. The third kappa shape index (κ3) is 6.84. The minimum absolute atomic E-state index is 0.108. The number of nitrogens with zero attached hydrogens (tertiary/aromatic N) is 5. The lowest BCUT2D eigenvalue weighted by Crippen LogP contribution is -2.47. The van der Waals surface area contributed by atoms with Crippen LogP contribution >= 0.6 is 0 Å². The Labute approximate surface area is 238 Å². The van der Waals surface area contributed by atoms with Gasteiger partial charge in [0.15, 0.2) is 0 Å². The minimum atomic E-state index is -1.02. The van der Waals surface area contributed by atoms with Crippen LogP contribution in [0.15, 0.2) is 33.6 Å². The summed E-state index contributed by atoms with van der Waals surface area (Å²) >= 11 is 0. The van der Waals surface area contributed by atoms with Gasteiger partial charge in [-0.1, -0.05) is 40.7 Å². The maximum atomic E-state index is 13.4. The van der Waals surface area contributed by atoms with Crippen LogP contribution in [0.2, 0.25) is 0 Å². The van der Waals surface area contributed by atoms with Gasteiger partial charge in [-0.05, 0) is 38.8 Å². The van der Waals surface area contributed by atoms with Gasteiger partial charge in [-0.2, -0.15) is 0 Å². The number of ether oxygens (including phenoxy) is 1. The highest BCUT2D eigenvalue weighted by Gasteiger charge is 2.35. The fraction of sp³-hybridized carbons (Fsp3) is 0.500. The fourth-order valence-electron chi connectivity index (χ4n) is 4.13. The molecule has 13 nitrogen and oxygen atoms in total. The van der Waals surface area contributed by atoms with Crippen LogP contribution in [0.4, 0.5) is 10.5 Å². The third-order valence-corrected chi connectivity index (χ3v) is 6.48. The van der Waals surface area contributed by atoms with E-state index in [-0.39, 0.29) is 29.1 Å². The molecule has 0 fully saturated rings.